The maximum absolute atomic E-state index is 7.54. The number of quaternary nitrogens is 1. The van der Waals surface area contributed by atoms with Crippen molar-refractivity contribution in [1.82, 2.24) is 0 Å². The minimum atomic E-state index is -0.710. The van der Waals surface area contributed by atoms with Crippen molar-refractivity contribution < 1.29 is 14.0 Å². The molecule has 0 aromatic heterocycles. The first-order valence-corrected chi connectivity index (χ1v) is 18.2. The summed E-state index contributed by atoms with van der Waals surface area (Å²) in [6, 6.07) is 44.9. The Morgan fingerprint density at radius 1 is 0.667 bits per heavy atom. The Bertz CT molecular complexity index is 1400. The summed E-state index contributed by atoms with van der Waals surface area (Å²) < 4.78 is 16.1. The lowest BCUT2D eigenvalue weighted by molar-refractivity contribution is -0.956. The highest BCUT2D eigenvalue weighted by atomic mass is 32.2. The molecule has 0 N–H and O–H groups in total. The SMILES string of the molecule is c1ccc(CCSC(Cc2ccccc2)OC(COC2CC3CCC(C2)[N+]32CCCC2)(c2ccccc2)c2ccccc2)cc1. The molecule has 3 nitrogen and oxygen atoms in total. The Hall–Kier alpha value is -2.89. The van der Waals surface area contributed by atoms with E-state index in [0.29, 0.717) is 12.7 Å². The summed E-state index contributed by atoms with van der Waals surface area (Å²) in [6.07, 6.45) is 10.1. The predicted octanol–water partition coefficient (Wildman–Crippen LogP) is 8.81. The van der Waals surface area contributed by atoms with Crippen LogP contribution in [0, 0.1) is 0 Å². The molecule has 3 unspecified atom stereocenters. The molecule has 4 aromatic carbocycles. The summed E-state index contributed by atoms with van der Waals surface area (Å²) in [5, 5.41) is 0. The maximum atomic E-state index is 7.54. The summed E-state index contributed by atoms with van der Waals surface area (Å²) in [6.45, 7) is 3.31. The number of nitrogens with zero attached hydrogens (tertiary/aromatic N) is 1. The molecule has 7 rings (SSSR count). The van der Waals surface area contributed by atoms with E-state index in [1.807, 2.05) is 11.8 Å². The molecule has 2 bridgehead atoms. The van der Waals surface area contributed by atoms with Gasteiger partial charge in [0.1, 0.15) is 11.0 Å². The second kappa shape index (κ2) is 14.3. The van der Waals surface area contributed by atoms with Crippen molar-refractivity contribution in [3.05, 3.63) is 144 Å². The van der Waals surface area contributed by atoms with E-state index in [9.17, 15) is 0 Å². The third-order valence-electron chi connectivity index (χ3n) is 10.9. The topological polar surface area (TPSA) is 18.5 Å². The van der Waals surface area contributed by atoms with Gasteiger partial charge in [-0.25, -0.2) is 0 Å². The molecule has 3 aliphatic heterocycles. The van der Waals surface area contributed by atoms with Crippen LogP contribution in [0.25, 0.3) is 0 Å². The molecule has 0 radical (unpaired) electrons. The van der Waals surface area contributed by atoms with Gasteiger partial charge in [0.05, 0.1) is 37.9 Å². The normalized spacial score (nSPS) is 22.9. The zero-order valence-corrected chi connectivity index (χ0v) is 27.3. The first-order valence-electron chi connectivity index (χ1n) is 17.2. The minimum Gasteiger partial charge on any atom is -0.374 e. The Balaban J connectivity index is 1.18. The molecule has 3 aliphatic rings. The summed E-state index contributed by atoms with van der Waals surface area (Å²) in [4.78, 5) is 0. The van der Waals surface area contributed by atoms with Gasteiger partial charge in [0, 0.05) is 44.9 Å². The quantitative estimate of drug-likeness (QED) is 0.110. The van der Waals surface area contributed by atoms with Crippen molar-refractivity contribution in [3.63, 3.8) is 0 Å². The molecule has 3 saturated heterocycles. The number of thioether (sulfide) groups is 1. The van der Waals surface area contributed by atoms with Gasteiger partial charge in [-0.2, -0.15) is 0 Å². The van der Waals surface area contributed by atoms with E-state index < -0.39 is 5.60 Å². The standard InChI is InChI=1S/C41H48NO2S/c1-5-15-33(16-6-1)25-28-45-40(29-34-17-7-2-8-18-34)44-41(35-19-9-3-10-20-35,36-21-11-4-12-22-36)32-43-39-30-37-23-24-38(31-39)42(37)26-13-14-27-42/h1-12,15-22,37-40H,13-14,23-32H2/q+1. The highest BCUT2D eigenvalue weighted by Gasteiger charge is 2.55. The van der Waals surface area contributed by atoms with Gasteiger partial charge in [-0.1, -0.05) is 121 Å². The molecule has 234 valence electrons. The first-order chi connectivity index (χ1) is 22.2. The number of hydrogen-bond donors (Lipinski definition) is 0. The second-order valence-corrected chi connectivity index (χ2v) is 14.7. The lowest BCUT2D eigenvalue weighted by Gasteiger charge is -2.47. The molecule has 0 amide bonds. The highest BCUT2D eigenvalue weighted by Crippen LogP contribution is 2.47. The smallest absolute Gasteiger partial charge is 0.143 e. The largest absolute Gasteiger partial charge is 0.374 e. The van der Waals surface area contributed by atoms with Gasteiger partial charge in [-0.3, -0.25) is 0 Å². The van der Waals surface area contributed by atoms with Crippen LogP contribution in [-0.2, 0) is 27.9 Å². The molecular formula is C41H48NO2S+. The molecule has 45 heavy (non-hydrogen) atoms. The molecule has 0 aliphatic carbocycles. The molecule has 4 aromatic rings. The molecule has 4 heteroatoms. The summed E-state index contributed by atoms with van der Waals surface area (Å²) >= 11 is 1.93. The molecule has 3 fully saturated rings. The number of benzene rings is 4. The average Bonchev–Trinajstić information content (AvgIpc) is 3.64. The fourth-order valence-corrected chi connectivity index (χ4v) is 9.78. The van der Waals surface area contributed by atoms with Crippen molar-refractivity contribution in [3.8, 4) is 0 Å². The van der Waals surface area contributed by atoms with Crippen molar-refractivity contribution in [2.75, 3.05) is 25.4 Å². The van der Waals surface area contributed by atoms with Crippen LogP contribution in [0.15, 0.2) is 121 Å². The van der Waals surface area contributed by atoms with Crippen molar-refractivity contribution in [2.45, 2.75) is 80.6 Å². The minimum absolute atomic E-state index is 0.0407. The van der Waals surface area contributed by atoms with Gasteiger partial charge < -0.3 is 14.0 Å². The van der Waals surface area contributed by atoms with Crippen molar-refractivity contribution >= 4 is 11.8 Å². The number of ether oxygens (including phenoxy) is 2. The fraction of sp³-hybridized carbons (Fsp3) is 0.415. The maximum Gasteiger partial charge on any atom is 0.143 e. The third kappa shape index (κ3) is 6.81. The summed E-state index contributed by atoms with van der Waals surface area (Å²) in [5.41, 5.74) is 4.25. The van der Waals surface area contributed by atoms with Crippen LogP contribution in [0.1, 0.15) is 60.8 Å². The first kappa shape index (κ1) is 30.7. The molecule has 0 saturated carbocycles. The predicted molar refractivity (Wildman–Crippen MR) is 186 cm³/mol. The van der Waals surface area contributed by atoms with E-state index in [4.69, 9.17) is 9.47 Å². The lowest BCUT2D eigenvalue weighted by Crippen LogP contribution is -2.59. The van der Waals surface area contributed by atoms with E-state index in [-0.39, 0.29) is 5.44 Å². The molecule has 3 heterocycles. The zero-order valence-electron chi connectivity index (χ0n) is 26.5. The Kier molecular flexibility index (Phi) is 9.74. The molecular weight excluding hydrogens is 571 g/mol. The fourth-order valence-electron chi connectivity index (χ4n) is 8.62. The van der Waals surface area contributed by atoms with Gasteiger partial charge in [-0.15, -0.1) is 11.8 Å². The van der Waals surface area contributed by atoms with E-state index in [1.165, 1.54) is 78.4 Å². The Morgan fingerprint density at radius 2 is 1.18 bits per heavy atom. The number of hydrogen-bond acceptors (Lipinski definition) is 3. The number of rotatable bonds is 13. The van der Waals surface area contributed by atoms with Crippen LogP contribution in [0.5, 0.6) is 0 Å². The van der Waals surface area contributed by atoms with Crippen molar-refractivity contribution in [2.24, 2.45) is 0 Å². The number of piperidine rings is 1. The summed E-state index contributed by atoms with van der Waals surface area (Å²) in [5.74, 6) is 0.994. The number of aryl methyl sites for hydroxylation is 1. The van der Waals surface area contributed by atoms with E-state index in [0.717, 1.165) is 30.7 Å². The van der Waals surface area contributed by atoms with Crippen LogP contribution in [-0.4, -0.2) is 53.6 Å². The van der Waals surface area contributed by atoms with Crippen LogP contribution in [0.2, 0.25) is 0 Å². The van der Waals surface area contributed by atoms with Gasteiger partial charge in [-0.05, 0) is 34.4 Å². The highest BCUT2D eigenvalue weighted by molar-refractivity contribution is 7.99. The van der Waals surface area contributed by atoms with Crippen LogP contribution in [0.4, 0.5) is 0 Å². The average molecular weight is 619 g/mol. The zero-order chi connectivity index (χ0) is 30.4. The summed E-state index contributed by atoms with van der Waals surface area (Å²) in [7, 11) is 0. The van der Waals surface area contributed by atoms with E-state index >= 15 is 0 Å². The van der Waals surface area contributed by atoms with Gasteiger partial charge in [0.2, 0.25) is 0 Å². The molecule has 3 atom stereocenters. The third-order valence-corrected chi connectivity index (χ3v) is 11.9. The van der Waals surface area contributed by atoms with E-state index in [2.05, 4.69) is 121 Å². The van der Waals surface area contributed by atoms with Crippen molar-refractivity contribution in [1.29, 1.82) is 0 Å². The van der Waals surface area contributed by atoms with Crippen LogP contribution in [0.3, 0.4) is 0 Å². The Morgan fingerprint density at radius 3 is 1.73 bits per heavy atom. The van der Waals surface area contributed by atoms with E-state index in [1.54, 1.807) is 0 Å². The van der Waals surface area contributed by atoms with Gasteiger partial charge in [0.25, 0.3) is 0 Å². The molecule has 1 spiro atoms. The van der Waals surface area contributed by atoms with Crippen LogP contribution >= 0.6 is 11.8 Å². The van der Waals surface area contributed by atoms with Gasteiger partial charge in [0.15, 0.2) is 0 Å². The lowest BCUT2D eigenvalue weighted by atomic mass is 9.86. The Labute approximate surface area is 274 Å². The second-order valence-electron chi connectivity index (χ2n) is 13.4. The van der Waals surface area contributed by atoms with Crippen LogP contribution < -0.4 is 0 Å². The van der Waals surface area contributed by atoms with Gasteiger partial charge >= 0.3 is 0 Å². The monoisotopic (exact) mass is 618 g/mol.